The lowest BCUT2D eigenvalue weighted by atomic mass is 10.2. The summed E-state index contributed by atoms with van der Waals surface area (Å²) in [5, 5.41) is 3.98. The molecule has 0 spiro atoms. The highest BCUT2D eigenvalue weighted by molar-refractivity contribution is 7.99. The van der Waals surface area contributed by atoms with E-state index in [0.717, 1.165) is 30.7 Å². The van der Waals surface area contributed by atoms with Gasteiger partial charge in [0.25, 0.3) is 0 Å². The summed E-state index contributed by atoms with van der Waals surface area (Å²) in [6, 6.07) is 5.54. The average molecular weight is 333 g/mol. The number of carbonyl (C=O) groups is 1. The van der Waals surface area contributed by atoms with Gasteiger partial charge in [0.2, 0.25) is 0 Å². The molecule has 0 unspecified atom stereocenters. The Morgan fingerprint density at radius 2 is 2.30 bits per heavy atom. The summed E-state index contributed by atoms with van der Waals surface area (Å²) in [5.74, 6) is 0.911. The number of carbonyl (C=O) groups excluding carboxylic acids is 1. The van der Waals surface area contributed by atoms with Crippen molar-refractivity contribution < 1.29 is 4.79 Å². The Bertz CT molecular complexity index is 484. The van der Waals surface area contributed by atoms with Crippen molar-refractivity contribution in [2.24, 2.45) is 0 Å². The van der Waals surface area contributed by atoms with Crippen molar-refractivity contribution in [1.29, 1.82) is 0 Å². The van der Waals surface area contributed by atoms with Crippen molar-refractivity contribution in [3.8, 4) is 0 Å². The second kappa shape index (κ2) is 7.43. The van der Waals surface area contributed by atoms with E-state index >= 15 is 0 Å². The number of nitrogens with zero attached hydrogens (tertiary/aromatic N) is 1. The van der Waals surface area contributed by atoms with Crippen LogP contribution in [-0.4, -0.2) is 29.8 Å². The number of amides is 2. The van der Waals surface area contributed by atoms with Crippen LogP contribution in [0, 0.1) is 0 Å². The van der Waals surface area contributed by atoms with E-state index in [1.54, 1.807) is 17.8 Å². The molecule has 0 saturated carbocycles. The molecule has 110 valence electrons. The Morgan fingerprint density at radius 1 is 1.50 bits per heavy atom. The van der Waals surface area contributed by atoms with Gasteiger partial charge >= 0.3 is 6.03 Å². The molecule has 0 bridgehead atoms. The molecule has 1 aromatic rings. The molecule has 3 nitrogen and oxygen atoms in total. The topological polar surface area (TPSA) is 32.3 Å². The highest BCUT2D eigenvalue weighted by atomic mass is 35.5. The van der Waals surface area contributed by atoms with Gasteiger partial charge in [-0.1, -0.05) is 48.7 Å². The molecule has 1 fully saturated rings. The van der Waals surface area contributed by atoms with Crippen LogP contribution in [0.25, 0.3) is 0 Å². The minimum atomic E-state index is -0.0529. The first-order valence-corrected chi connectivity index (χ1v) is 8.55. The number of hydrogen-bond acceptors (Lipinski definition) is 2. The fourth-order valence-corrected chi connectivity index (χ4v) is 3.88. The first-order valence-electron chi connectivity index (χ1n) is 6.75. The lowest BCUT2D eigenvalue weighted by molar-refractivity contribution is 0.200. The van der Waals surface area contributed by atoms with Crippen molar-refractivity contribution in [1.82, 2.24) is 10.2 Å². The third-order valence-electron chi connectivity index (χ3n) is 3.21. The summed E-state index contributed by atoms with van der Waals surface area (Å²) in [6.07, 6.45) is 2.06. The maximum atomic E-state index is 12.2. The van der Waals surface area contributed by atoms with Gasteiger partial charge in [0.15, 0.2) is 0 Å². The molecular weight excluding hydrogens is 315 g/mol. The molecule has 1 aromatic carbocycles. The van der Waals surface area contributed by atoms with Gasteiger partial charge in [0.1, 0.15) is 5.37 Å². The van der Waals surface area contributed by atoms with E-state index in [4.69, 9.17) is 23.2 Å². The predicted octanol–water partition coefficient (Wildman–Crippen LogP) is 4.55. The van der Waals surface area contributed by atoms with E-state index in [1.807, 2.05) is 17.0 Å². The maximum absolute atomic E-state index is 12.2. The zero-order valence-corrected chi connectivity index (χ0v) is 13.7. The largest absolute Gasteiger partial charge is 0.338 e. The first kappa shape index (κ1) is 15.8. The van der Waals surface area contributed by atoms with Gasteiger partial charge in [-0.25, -0.2) is 4.79 Å². The molecule has 1 saturated heterocycles. The predicted molar refractivity (Wildman–Crippen MR) is 86.7 cm³/mol. The van der Waals surface area contributed by atoms with Crippen LogP contribution >= 0.6 is 35.0 Å². The molecule has 20 heavy (non-hydrogen) atoms. The van der Waals surface area contributed by atoms with Crippen LogP contribution in [0.1, 0.15) is 30.7 Å². The smallest absolute Gasteiger partial charge is 0.318 e. The average Bonchev–Trinajstić information content (AvgIpc) is 2.91. The minimum absolute atomic E-state index is 0.0236. The fraction of sp³-hybridized carbons (Fsp3) is 0.500. The first-order chi connectivity index (χ1) is 9.65. The van der Waals surface area contributed by atoms with E-state index in [9.17, 15) is 4.79 Å². The molecule has 0 radical (unpaired) electrons. The van der Waals surface area contributed by atoms with Gasteiger partial charge in [-0.05, 0) is 12.5 Å². The number of benzene rings is 1. The highest BCUT2D eigenvalue weighted by Gasteiger charge is 2.32. The Kier molecular flexibility index (Phi) is 5.87. The standard InChI is InChI=1S/C14H18Cl2N2OS/c1-2-3-7-17-14(19)18-8-9-20-13(18)10-5-4-6-11(15)12(10)16/h4-6,13H,2-3,7-9H2,1H3,(H,17,19)/t13-/m1/s1. The van der Waals surface area contributed by atoms with Crippen molar-refractivity contribution in [2.45, 2.75) is 25.1 Å². The van der Waals surface area contributed by atoms with Gasteiger partial charge in [0, 0.05) is 24.4 Å². The number of urea groups is 1. The summed E-state index contributed by atoms with van der Waals surface area (Å²) in [5.41, 5.74) is 0.910. The summed E-state index contributed by atoms with van der Waals surface area (Å²) in [6.45, 7) is 3.55. The Balaban J connectivity index is 2.10. The summed E-state index contributed by atoms with van der Waals surface area (Å²) in [4.78, 5) is 14.1. The van der Waals surface area contributed by atoms with E-state index in [2.05, 4.69) is 12.2 Å². The monoisotopic (exact) mass is 332 g/mol. The number of unbranched alkanes of at least 4 members (excludes halogenated alkanes) is 1. The highest BCUT2D eigenvalue weighted by Crippen LogP contribution is 2.42. The molecule has 1 atom stereocenters. The van der Waals surface area contributed by atoms with E-state index < -0.39 is 0 Å². The molecule has 1 heterocycles. The van der Waals surface area contributed by atoms with Crippen LogP contribution in [0.5, 0.6) is 0 Å². The van der Waals surface area contributed by atoms with Crippen LogP contribution in [-0.2, 0) is 0 Å². The van der Waals surface area contributed by atoms with Crippen molar-refractivity contribution in [2.75, 3.05) is 18.8 Å². The molecule has 2 amide bonds. The Morgan fingerprint density at radius 3 is 3.05 bits per heavy atom. The van der Waals surface area contributed by atoms with Crippen molar-refractivity contribution in [3.05, 3.63) is 33.8 Å². The van der Waals surface area contributed by atoms with Crippen LogP contribution in [0.2, 0.25) is 10.0 Å². The number of rotatable bonds is 4. The van der Waals surface area contributed by atoms with Gasteiger partial charge < -0.3 is 10.2 Å². The fourth-order valence-electron chi connectivity index (χ4n) is 2.12. The normalized spacial score (nSPS) is 18.4. The molecular formula is C14H18Cl2N2OS. The third-order valence-corrected chi connectivity index (χ3v) is 5.28. The molecule has 2 rings (SSSR count). The zero-order chi connectivity index (χ0) is 14.5. The van der Waals surface area contributed by atoms with Crippen molar-refractivity contribution >= 4 is 41.0 Å². The number of hydrogen-bond donors (Lipinski definition) is 1. The van der Waals surface area contributed by atoms with Gasteiger partial charge in [-0.3, -0.25) is 0 Å². The lowest BCUT2D eigenvalue weighted by Crippen LogP contribution is -2.39. The summed E-state index contributed by atoms with van der Waals surface area (Å²) in [7, 11) is 0. The van der Waals surface area contributed by atoms with Gasteiger partial charge in [-0.15, -0.1) is 11.8 Å². The van der Waals surface area contributed by atoms with E-state index in [0.29, 0.717) is 16.6 Å². The van der Waals surface area contributed by atoms with E-state index in [1.165, 1.54) is 0 Å². The summed E-state index contributed by atoms with van der Waals surface area (Å²) >= 11 is 14.0. The second-order valence-electron chi connectivity index (χ2n) is 4.65. The number of nitrogens with one attached hydrogen (secondary N) is 1. The minimum Gasteiger partial charge on any atom is -0.338 e. The van der Waals surface area contributed by atoms with Crippen LogP contribution in [0.3, 0.4) is 0 Å². The van der Waals surface area contributed by atoms with Crippen LogP contribution in [0.15, 0.2) is 18.2 Å². The Hall–Kier alpha value is -0.580. The second-order valence-corrected chi connectivity index (χ2v) is 6.62. The summed E-state index contributed by atoms with van der Waals surface area (Å²) < 4.78 is 0. The maximum Gasteiger partial charge on any atom is 0.318 e. The quantitative estimate of drug-likeness (QED) is 0.820. The molecule has 1 aliphatic rings. The molecule has 0 aliphatic carbocycles. The molecule has 0 aromatic heterocycles. The molecule has 1 aliphatic heterocycles. The number of halogens is 2. The molecule has 1 N–H and O–H groups in total. The van der Waals surface area contributed by atoms with Crippen LogP contribution < -0.4 is 5.32 Å². The Labute approximate surface area is 134 Å². The van der Waals surface area contributed by atoms with Gasteiger partial charge in [-0.2, -0.15) is 0 Å². The van der Waals surface area contributed by atoms with Gasteiger partial charge in [0.05, 0.1) is 10.0 Å². The van der Waals surface area contributed by atoms with Crippen LogP contribution in [0.4, 0.5) is 4.79 Å². The zero-order valence-electron chi connectivity index (χ0n) is 11.4. The molecule has 6 heteroatoms. The van der Waals surface area contributed by atoms with Crippen molar-refractivity contribution in [3.63, 3.8) is 0 Å². The third kappa shape index (κ3) is 3.54. The van der Waals surface area contributed by atoms with E-state index in [-0.39, 0.29) is 11.4 Å². The lowest BCUT2D eigenvalue weighted by Gasteiger charge is -2.25. The number of thioether (sulfide) groups is 1. The SMILES string of the molecule is CCCCNC(=O)N1CCS[C@@H]1c1cccc(Cl)c1Cl.